The van der Waals surface area contributed by atoms with E-state index in [-0.39, 0.29) is 5.91 Å². The van der Waals surface area contributed by atoms with E-state index in [1.54, 1.807) is 24.7 Å². The molecular weight excluding hydrogens is 260 g/mol. The van der Waals surface area contributed by atoms with Gasteiger partial charge in [-0.05, 0) is 24.4 Å². The topological polar surface area (TPSA) is 69.8 Å². The molecule has 1 aromatic heterocycles. The smallest absolute Gasteiger partial charge is 0.257 e. The van der Waals surface area contributed by atoms with E-state index in [2.05, 4.69) is 20.6 Å². The molecule has 0 fully saturated rings. The van der Waals surface area contributed by atoms with Gasteiger partial charge in [-0.3, -0.25) is 10.1 Å². The van der Waals surface area contributed by atoms with Gasteiger partial charge in [0.2, 0.25) is 0 Å². The Bertz CT molecular complexity index is 539. The normalized spacial score (nSPS) is 9.89. The number of hydrogen-bond acceptors (Lipinski definition) is 3. The van der Waals surface area contributed by atoms with Crippen molar-refractivity contribution in [2.45, 2.75) is 6.42 Å². The van der Waals surface area contributed by atoms with Gasteiger partial charge in [0.25, 0.3) is 5.91 Å². The second-order valence-corrected chi connectivity index (χ2v) is 4.31. The Kier molecular flexibility index (Phi) is 4.63. The van der Waals surface area contributed by atoms with Crippen molar-refractivity contribution in [1.82, 2.24) is 20.6 Å². The minimum Gasteiger partial charge on any atom is -0.362 e. The molecule has 0 bridgehead atoms. The Labute approximate surface area is 116 Å². The van der Waals surface area contributed by atoms with Crippen LogP contribution >= 0.6 is 12.2 Å². The molecule has 0 aliphatic carbocycles. The number of aromatic amines is 1. The molecule has 0 saturated heterocycles. The van der Waals surface area contributed by atoms with Crippen LogP contribution in [0.1, 0.15) is 16.1 Å². The quantitative estimate of drug-likeness (QED) is 0.734. The van der Waals surface area contributed by atoms with Crippen LogP contribution in [-0.4, -0.2) is 27.5 Å². The van der Waals surface area contributed by atoms with Gasteiger partial charge in [-0.25, -0.2) is 4.98 Å². The number of amides is 1. The second-order valence-electron chi connectivity index (χ2n) is 3.90. The summed E-state index contributed by atoms with van der Waals surface area (Å²) >= 11 is 5.06. The predicted molar refractivity (Wildman–Crippen MR) is 76.8 cm³/mol. The Balaban J connectivity index is 1.74. The number of thiocarbonyl (C=S) groups is 1. The molecule has 0 saturated carbocycles. The van der Waals surface area contributed by atoms with Gasteiger partial charge < -0.3 is 10.3 Å². The molecule has 0 aliphatic rings. The van der Waals surface area contributed by atoms with Crippen molar-refractivity contribution >= 4 is 23.2 Å². The molecule has 0 aliphatic heterocycles. The third kappa shape index (κ3) is 4.18. The molecule has 1 heterocycles. The van der Waals surface area contributed by atoms with E-state index in [0.29, 0.717) is 17.2 Å². The molecule has 19 heavy (non-hydrogen) atoms. The highest BCUT2D eigenvalue weighted by molar-refractivity contribution is 7.80. The van der Waals surface area contributed by atoms with Crippen molar-refractivity contribution < 1.29 is 4.79 Å². The van der Waals surface area contributed by atoms with E-state index >= 15 is 0 Å². The van der Waals surface area contributed by atoms with Gasteiger partial charge in [0.1, 0.15) is 0 Å². The molecule has 0 radical (unpaired) electrons. The fourth-order valence-corrected chi connectivity index (χ4v) is 1.74. The summed E-state index contributed by atoms with van der Waals surface area (Å²) in [7, 11) is 0. The van der Waals surface area contributed by atoms with E-state index in [1.807, 2.05) is 18.2 Å². The monoisotopic (exact) mass is 274 g/mol. The molecule has 5 nitrogen and oxygen atoms in total. The first-order chi connectivity index (χ1) is 9.25. The van der Waals surface area contributed by atoms with Crippen LogP contribution in [0.3, 0.4) is 0 Å². The van der Waals surface area contributed by atoms with Crippen molar-refractivity contribution in [2.75, 3.05) is 6.54 Å². The first-order valence-electron chi connectivity index (χ1n) is 5.87. The number of carbonyl (C=O) groups is 1. The van der Waals surface area contributed by atoms with Crippen LogP contribution in [0.4, 0.5) is 0 Å². The third-order valence-corrected chi connectivity index (χ3v) is 2.74. The fraction of sp³-hybridized carbons (Fsp3) is 0.154. The van der Waals surface area contributed by atoms with Crippen molar-refractivity contribution in [3.63, 3.8) is 0 Å². The zero-order chi connectivity index (χ0) is 13.5. The van der Waals surface area contributed by atoms with Gasteiger partial charge in [-0.1, -0.05) is 18.2 Å². The van der Waals surface area contributed by atoms with Crippen LogP contribution in [0.15, 0.2) is 42.9 Å². The molecule has 0 unspecified atom stereocenters. The average Bonchev–Trinajstić information content (AvgIpc) is 2.93. The minimum absolute atomic E-state index is 0.209. The maximum Gasteiger partial charge on any atom is 0.257 e. The Morgan fingerprint density at radius 3 is 2.79 bits per heavy atom. The predicted octanol–water partition coefficient (Wildman–Crippen LogP) is 1.26. The second kappa shape index (κ2) is 6.65. The summed E-state index contributed by atoms with van der Waals surface area (Å²) in [6.45, 7) is 0.635. The number of rotatable bonds is 4. The highest BCUT2D eigenvalue weighted by Gasteiger charge is 2.06. The molecule has 0 atom stereocenters. The molecule has 3 N–H and O–H groups in total. The molecule has 1 aromatic carbocycles. The number of aromatic nitrogens is 2. The number of nitrogens with one attached hydrogen (secondary N) is 3. The summed E-state index contributed by atoms with van der Waals surface area (Å²) < 4.78 is 0. The number of imidazole rings is 1. The lowest BCUT2D eigenvalue weighted by Gasteiger charge is -2.08. The van der Waals surface area contributed by atoms with Crippen molar-refractivity contribution in [2.24, 2.45) is 0 Å². The summed E-state index contributed by atoms with van der Waals surface area (Å²) in [4.78, 5) is 18.7. The van der Waals surface area contributed by atoms with Crippen molar-refractivity contribution in [1.29, 1.82) is 0 Å². The highest BCUT2D eigenvalue weighted by Crippen LogP contribution is 1.97. The third-order valence-electron chi connectivity index (χ3n) is 2.50. The number of nitrogens with zero attached hydrogens (tertiary/aromatic N) is 1. The van der Waals surface area contributed by atoms with E-state index in [0.717, 1.165) is 12.1 Å². The van der Waals surface area contributed by atoms with Crippen LogP contribution in [-0.2, 0) is 6.42 Å². The Hall–Kier alpha value is -2.21. The van der Waals surface area contributed by atoms with Gasteiger partial charge in [-0.2, -0.15) is 0 Å². The molecule has 98 valence electrons. The maximum absolute atomic E-state index is 11.8. The van der Waals surface area contributed by atoms with E-state index < -0.39 is 0 Å². The summed E-state index contributed by atoms with van der Waals surface area (Å²) in [5.74, 6) is -0.209. The Morgan fingerprint density at radius 1 is 1.32 bits per heavy atom. The molecule has 1 amide bonds. The molecule has 0 spiro atoms. The largest absolute Gasteiger partial charge is 0.362 e. The van der Waals surface area contributed by atoms with Crippen LogP contribution < -0.4 is 10.6 Å². The number of H-pyrrole nitrogens is 1. The van der Waals surface area contributed by atoms with E-state index in [4.69, 9.17) is 12.2 Å². The zero-order valence-electron chi connectivity index (χ0n) is 10.2. The van der Waals surface area contributed by atoms with Gasteiger partial charge in [0.15, 0.2) is 5.11 Å². The summed E-state index contributed by atoms with van der Waals surface area (Å²) in [5.41, 5.74) is 1.60. The standard InChI is InChI=1S/C13H14N4OS/c18-12(10-4-2-1-3-5-10)17-13(19)15-7-6-11-8-14-9-16-11/h1-5,8-9H,6-7H2,(H,14,16)(H2,15,17,18,19). The summed E-state index contributed by atoms with van der Waals surface area (Å²) in [6.07, 6.45) is 4.15. The minimum atomic E-state index is -0.209. The number of benzene rings is 1. The summed E-state index contributed by atoms with van der Waals surface area (Å²) in [5, 5.41) is 5.93. The van der Waals surface area contributed by atoms with Crippen LogP contribution in [0.5, 0.6) is 0 Å². The lowest BCUT2D eigenvalue weighted by molar-refractivity contribution is 0.0976. The average molecular weight is 274 g/mol. The van der Waals surface area contributed by atoms with Gasteiger partial charge >= 0.3 is 0 Å². The first kappa shape index (κ1) is 13.2. The number of hydrogen-bond donors (Lipinski definition) is 3. The molecule has 2 rings (SSSR count). The Morgan fingerprint density at radius 2 is 2.11 bits per heavy atom. The lowest BCUT2D eigenvalue weighted by Crippen LogP contribution is -2.40. The zero-order valence-corrected chi connectivity index (χ0v) is 11.0. The molecule has 6 heteroatoms. The molecular formula is C13H14N4OS. The first-order valence-corrected chi connectivity index (χ1v) is 6.28. The van der Waals surface area contributed by atoms with E-state index in [1.165, 1.54) is 0 Å². The van der Waals surface area contributed by atoms with Crippen LogP contribution in [0.25, 0.3) is 0 Å². The maximum atomic E-state index is 11.8. The van der Waals surface area contributed by atoms with Crippen LogP contribution in [0.2, 0.25) is 0 Å². The van der Waals surface area contributed by atoms with Crippen LogP contribution in [0, 0.1) is 0 Å². The van der Waals surface area contributed by atoms with E-state index in [9.17, 15) is 4.79 Å². The van der Waals surface area contributed by atoms with Gasteiger partial charge in [0.05, 0.1) is 6.33 Å². The van der Waals surface area contributed by atoms with Crippen molar-refractivity contribution in [3.05, 3.63) is 54.1 Å². The van der Waals surface area contributed by atoms with Gasteiger partial charge in [-0.15, -0.1) is 0 Å². The summed E-state index contributed by atoms with van der Waals surface area (Å²) in [6, 6.07) is 8.95. The SMILES string of the molecule is O=C(NC(=S)NCCc1cnc[nH]1)c1ccccc1. The number of carbonyl (C=O) groups excluding carboxylic acids is 1. The molecule has 2 aromatic rings. The lowest BCUT2D eigenvalue weighted by atomic mass is 10.2. The fourth-order valence-electron chi connectivity index (χ4n) is 1.54. The highest BCUT2D eigenvalue weighted by atomic mass is 32.1. The van der Waals surface area contributed by atoms with Crippen molar-refractivity contribution in [3.8, 4) is 0 Å². The van der Waals surface area contributed by atoms with Gasteiger partial charge in [0, 0.05) is 30.4 Å².